The van der Waals surface area contributed by atoms with E-state index in [4.69, 9.17) is 16.6 Å². The van der Waals surface area contributed by atoms with Crippen LogP contribution >= 0.6 is 12.2 Å². The lowest BCUT2D eigenvalue weighted by Gasteiger charge is -2.01. The second-order valence-electron chi connectivity index (χ2n) is 2.21. The number of thiocarbonyl (C=S) groups is 1. The van der Waals surface area contributed by atoms with E-state index >= 15 is 0 Å². The first-order valence-corrected chi connectivity index (χ1v) is 4.03. The maximum absolute atomic E-state index is 5.11. The van der Waals surface area contributed by atoms with Crippen LogP contribution in [0.1, 0.15) is 19.1 Å². The molecule has 3 heteroatoms. The minimum Gasteiger partial charge on any atom is -0.467 e. The fraction of sp³-hybridized carbons (Fsp3) is 0.375. The number of hydrogen-bond acceptors (Lipinski definition) is 2. The van der Waals surface area contributed by atoms with Gasteiger partial charge in [-0.15, -0.1) is 0 Å². The third-order valence-corrected chi connectivity index (χ3v) is 1.79. The molecule has 2 nitrogen and oxygen atoms in total. The van der Waals surface area contributed by atoms with Crippen LogP contribution in [-0.2, 0) is 6.54 Å². The van der Waals surface area contributed by atoms with Crippen LogP contribution in [0.25, 0.3) is 0 Å². The molecular formula is C8H11NOS. The molecule has 0 saturated carbocycles. The summed E-state index contributed by atoms with van der Waals surface area (Å²) in [6.45, 7) is 2.72. The van der Waals surface area contributed by atoms with E-state index in [0.29, 0.717) is 6.54 Å². The summed E-state index contributed by atoms with van der Waals surface area (Å²) in [7, 11) is 0. The molecule has 0 atom stereocenters. The van der Waals surface area contributed by atoms with E-state index in [1.54, 1.807) is 6.26 Å². The van der Waals surface area contributed by atoms with Gasteiger partial charge in [-0.2, -0.15) is 0 Å². The number of hydrogen-bond donors (Lipinski definition) is 1. The monoisotopic (exact) mass is 169 g/mol. The van der Waals surface area contributed by atoms with Crippen LogP contribution in [0.3, 0.4) is 0 Å². The minimum atomic E-state index is 0.694. The molecule has 0 amide bonds. The molecule has 0 aliphatic carbocycles. The molecule has 0 unspecified atom stereocenters. The zero-order valence-electron chi connectivity index (χ0n) is 6.46. The van der Waals surface area contributed by atoms with E-state index in [2.05, 4.69) is 5.32 Å². The van der Waals surface area contributed by atoms with E-state index < -0.39 is 0 Å². The smallest absolute Gasteiger partial charge is 0.122 e. The third-order valence-electron chi connectivity index (χ3n) is 1.36. The molecule has 0 radical (unpaired) electrons. The normalized spacial score (nSPS) is 9.55. The maximum atomic E-state index is 5.11. The van der Waals surface area contributed by atoms with Gasteiger partial charge in [-0.05, 0) is 18.6 Å². The van der Waals surface area contributed by atoms with Crippen LogP contribution in [0, 0.1) is 0 Å². The summed E-state index contributed by atoms with van der Waals surface area (Å²) in [6, 6.07) is 3.79. The lowest BCUT2D eigenvalue weighted by Crippen LogP contribution is -2.19. The molecule has 0 bridgehead atoms. The van der Waals surface area contributed by atoms with Gasteiger partial charge < -0.3 is 9.73 Å². The van der Waals surface area contributed by atoms with Crippen LogP contribution in [0.2, 0.25) is 0 Å². The highest BCUT2D eigenvalue weighted by atomic mass is 32.1. The molecule has 60 valence electrons. The lowest BCUT2D eigenvalue weighted by molar-refractivity contribution is 0.503. The topological polar surface area (TPSA) is 25.2 Å². The Morgan fingerprint density at radius 3 is 3.09 bits per heavy atom. The quantitative estimate of drug-likeness (QED) is 0.701. The lowest BCUT2D eigenvalue weighted by atomic mass is 10.4. The van der Waals surface area contributed by atoms with Crippen molar-refractivity contribution in [3.63, 3.8) is 0 Å². The predicted octanol–water partition coefficient (Wildman–Crippen LogP) is 2.11. The van der Waals surface area contributed by atoms with Gasteiger partial charge in [0.25, 0.3) is 0 Å². The van der Waals surface area contributed by atoms with Crippen LogP contribution in [0.15, 0.2) is 22.8 Å². The van der Waals surface area contributed by atoms with E-state index in [-0.39, 0.29) is 0 Å². The average Bonchev–Trinajstić information content (AvgIpc) is 2.52. The van der Waals surface area contributed by atoms with E-state index in [1.165, 1.54) is 0 Å². The number of rotatable bonds is 3. The first-order valence-electron chi connectivity index (χ1n) is 3.62. The van der Waals surface area contributed by atoms with Crippen LogP contribution < -0.4 is 5.32 Å². The predicted molar refractivity (Wildman–Crippen MR) is 48.4 cm³/mol. The van der Waals surface area contributed by atoms with Gasteiger partial charge in [0.05, 0.1) is 17.8 Å². The number of furan rings is 1. The van der Waals surface area contributed by atoms with E-state index in [9.17, 15) is 0 Å². The molecule has 1 aromatic rings. The van der Waals surface area contributed by atoms with E-state index in [0.717, 1.165) is 17.2 Å². The summed E-state index contributed by atoms with van der Waals surface area (Å²) < 4.78 is 5.11. The van der Waals surface area contributed by atoms with Crippen LogP contribution in [0.5, 0.6) is 0 Å². The van der Waals surface area contributed by atoms with Crippen LogP contribution in [-0.4, -0.2) is 4.99 Å². The Morgan fingerprint density at radius 1 is 1.73 bits per heavy atom. The van der Waals surface area contributed by atoms with Crippen molar-refractivity contribution in [1.29, 1.82) is 0 Å². The fourth-order valence-electron chi connectivity index (χ4n) is 0.724. The molecule has 1 heterocycles. The van der Waals surface area contributed by atoms with Crippen molar-refractivity contribution in [2.75, 3.05) is 0 Å². The molecule has 0 aliphatic heterocycles. The highest BCUT2D eigenvalue weighted by Gasteiger charge is 1.94. The van der Waals surface area contributed by atoms with Gasteiger partial charge >= 0.3 is 0 Å². The van der Waals surface area contributed by atoms with Crippen molar-refractivity contribution in [2.45, 2.75) is 19.9 Å². The Balaban J connectivity index is 2.29. The summed E-state index contributed by atoms with van der Waals surface area (Å²) in [6.07, 6.45) is 2.54. The standard InChI is InChI=1S/C8H11NOS/c1-2-8(11)9-6-7-4-3-5-10-7/h3-5H,2,6H2,1H3,(H,9,11). The van der Waals surface area contributed by atoms with Crippen molar-refractivity contribution in [3.05, 3.63) is 24.2 Å². The Kier molecular flexibility index (Phi) is 3.11. The maximum Gasteiger partial charge on any atom is 0.122 e. The highest BCUT2D eigenvalue weighted by molar-refractivity contribution is 7.80. The van der Waals surface area contributed by atoms with Crippen molar-refractivity contribution < 1.29 is 4.42 Å². The van der Waals surface area contributed by atoms with Gasteiger partial charge in [-0.1, -0.05) is 19.1 Å². The molecule has 0 spiro atoms. The molecule has 1 rings (SSSR count). The molecule has 0 fully saturated rings. The van der Waals surface area contributed by atoms with Crippen molar-refractivity contribution >= 4 is 17.2 Å². The second kappa shape index (κ2) is 4.13. The second-order valence-corrected chi connectivity index (χ2v) is 2.70. The van der Waals surface area contributed by atoms with Gasteiger partial charge in [0.2, 0.25) is 0 Å². The van der Waals surface area contributed by atoms with Crippen molar-refractivity contribution in [3.8, 4) is 0 Å². The zero-order chi connectivity index (χ0) is 8.10. The molecule has 11 heavy (non-hydrogen) atoms. The van der Waals surface area contributed by atoms with Crippen molar-refractivity contribution in [2.24, 2.45) is 0 Å². The first-order chi connectivity index (χ1) is 5.33. The Morgan fingerprint density at radius 2 is 2.55 bits per heavy atom. The first kappa shape index (κ1) is 8.27. The van der Waals surface area contributed by atoms with Crippen molar-refractivity contribution in [1.82, 2.24) is 5.32 Å². The Hall–Kier alpha value is -0.830. The highest BCUT2D eigenvalue weighted by Crippen LogP contribution is 1.98. The fourth-order valence-corrected chi connectivity index (χ4v) is 0.796. The summed E-state index contributed by atoms with van der Waals surface area (Å²) in [5, 5.41) is 3.07. The molecule has 0 aromatic carbocycles. The summed E-state index contributed by atoms with van der Waals surface area (Å²) in [4.78, 5) is 0.876. The summed E-state index contributed by atoms with van der Waals surface area (Å²) in [5.41, 5.74) is 0. The van der Waals surface area contributed by atoms with Gasteiger partial charge in [0, 0.05) is 0 Å². The van der Waals surface area contributed by atoms with E-state index in [1.807, 2.05) is 19.1 Å². The van der Waals surface area contributed by atoms with Gasteiger partial charge in [-0.3, -0.25) is 0 Å². The molecule has 0 aliphatic rings. The molecule has 1 N–H and O–H groups in total. The largest absolute Gasteiger partial charge is 0.467 e. The van der Waals surface area contributed by atoms with Gasteiger partial charge in [0.15, 0.2) is 0 Å². The van der Waals surface area contributed by atoms with Crippen LogP contribution in [0.4, 0.5) is 0 Å². The Bertz CT molecular complexity index is 218. The minimum absolute atomic E-state index is 0.694. The SMILES string of the molecule is CCC(=S)NCc1ccco1. The molecule has 0 saturated heterocycles. The summed E-state index contributed by atoms with van der Waals surface area (Å²) >= 11 is 4.98. The molecule has 1 aromatic heterocycles. The number of nitrogens with one attached hydrogen (secondary N) is 1. The summed E-state index contributed by atoms with van der Waals surface area (Å²) in [5.74, 6) is 0.917. The van der Waals surface area contributed by atoms with Gasteiger partial charge in [0.1, 0.15) is 5.76 Å². The molecular weight excluding hydrogens is 158 g/mol. The third kappa shape index (κ3) is 2.72. The average molecular weight is 169 g/mol. The zero-order valence-corrected chi connectivity index (χ0v) is 7.28. The van der Waals surface area contributed by atoms with Gasteiger partial charge in [-0.25, -0.2) is 0 Å². The Labute approximate surface area is 71.6 Å².